The van der Waals surface area contributed by atoms with Gasteiger partial charge in [0.15, 0.2) is 11.4 Å². The van der Waals surface area contributed by atoms with E-state index in [2.05, 4.69) is 44.8 Å². The van der Waals surface area contributed by atoms with Gasteiger partial charge < -0.3 is 0 Å². The summed E-state index contributed by atoms with van der Waals surface area (Å²) in [6, 6.07) is 9.93. The van der Waals surface area contributed by atoms with E-state index in [1.165, 1.54) is 5.56 Å². The summed E-state index contributed by atoms with van der Waals surface area (Å²) in [5.74, 6) is 0.443. The summed E-state index contributed by atoms with van der Waals surface area (Å²) in [6.07, 6.45) is 2.16. The fraction of sp³-hybridized carbons (Fsp3) is 0.360. The number of fused-ring (bicyclic) bond motifs is 1. The highest BCUT2D eigenvalue weighted by molar-refractivity contribution is 7.19. The quantitative estimate of drug-likeness (QED) is 0.324. The second kappa shape index (κ2) is 8.35. The van der Waals surface area contributed by atoms with Crippen LogP contribution in [0.4, 0.5) is 0 Å². The van der Waals surface area contributed by atoms with Gasteiger partial charge >= 0.3 is 0 Å². The average Bonchev–Trinajstić information content (AvgIpc) is 3.27. The number of pyridine rings is 1. The Balaban J connectivity index is 1.90. The maximum absolute atomic E-state index is 11.8. The summed E-state index contributed by atoms with van der Waals surface area (Å²) in [5.41, 5.74) is 7.72. The molecule has 4 aromatic rings. The first kappa shape index (κ1) is 21.4. The summed E-state index contributed by atoms with van der Waals surface area (Å²) in [6.45, 7) is 12.2. The number of thiophene rings is 1. The van der Waals surface area contributed by atoms with Crippen LogP contribution in [0, 0.1) is 20.8 Å². The van der Waals surface area contributed by atoms with Crippen LogP contribution in [0.2, 0.25) is 0 Å². The van der Waals surface area contributed by atoms with Crippen LogP contribution in [0.3, 0.4) is 0 Å². The van der Waals surface area contributed by atoms with Crippen LogP contribution >= 0.6 is 11.3 Å². The maximum Gasteiger partial charge on any atom is 0.178 e. The van der Waals surface area contributed by atoms with Gasteiger partial charge in [-0.25, -0.2) is 14.5 Å². The summed E-state index contributed by atoms with van der Waals surface area (Å²) in [5, 5.41) is 4.85. The zero-order valence-corrected chi connectivity index (χ0v) is 19.8. The van der Waals surface area contributed by atoms with Crippen LogP contribution in [-0.2, 0) is 0 Å². The topological polar surface area (TPSA) is 60.2 Å². The predicted molar refractivity (Wildman–Crippen MR) is 127 cm³/mol. The molecule has 0 aliphatic rings. The third-order valence-electron chi connectivity index (χ3n) is 5.83. The van der Waals surface area contributed by atoms with E-state index < -0.39 is 0 Å². The molecule has 4 rings (SSSR count). The highest BCUT2D eigenvalue weighted by Gasteiger charge is 2.22. The first-order valence-corrected chi connectivity index (χ1v) is 11.6. The van der Waals surface area contributed by atoms with Gasteiger partial charge in [0, 0.05) is 12.5 Å². The number of aryl methyl sites for hydroxylation is 3. The van der Waals surface area contributed by atoms with Crippen molar-refractivity contribution in [3.05, 3.63) is 58.5 Å². The number of nitrogens with zero attached hydrogens (tertiary/aromatic N) is 4. The molecule has 0 saturated carbocycles. The lowest BCUT2D eigenvalue weighted by molar-refractivity contribution is 0.101. The van der Waals surface area contributed by atoms with E-state index in [0.717, 1.165) is 56.6 Å². The van der Waals surface area contributed by atoms with E-state index in [-0.39, 0.29) is 5.78 Å². The molecule has 6 heteroatoms. The van der Waals surface area contributed by atoms with E-state index in [9.17, 15) is 4.79 Å². The van der Waals surface area contributed by atoms with E-state index >= 15 is 0 Å². The maximum atomic E-state index is 11.8. The van der Waals surface area contributed by atoms with Gasteiger partial charge in [0.1, 0.15) is 11.4 Å². The summed E-state index contributed by atoms with van der Waals surface area (Å²) < 4.78 is 2.03. The Morgan fingerprint density at radius 2 is 1.84 bits per heavy atom. The Morgan fingerprint density at radius 1 is 1.10 bits per heavy atom. The zero-order chi connectivity index (χ0) is 22.3. The molecule has 0 N–H and O–H groups in total. The molecule has 0 aromatic carbocycles. The Labute approximate surface area is 187 Å². The second-order valence-corrected chi connectivity index (χ2v) is 9.17. The van der Waals surface area contributed by atoms with Gasteiger partial charge in [0.25, 0.3) is 0 Å². The standard InChI is InChI=1S/C25H28N4OS/c1-7-18(8-2)19-13-15(4)28-29-23(16(5)26-25(19)29)24-14(3)12-22(31-24)21-11-9-10-20(27-21)17(6)30/h9-13,18H,7-8H2,1-6H3. The molecule has 31 heavy (non-hydrogen) atoms. The number of carbonyl (C=O) groups is 1. The molecule has 0 saturated heterocycles. The summed E-state index contributed by atoms with van der Waals surface area (Å²) in [4.78, 5) is 23.5. The Bertz CT molecular complexity index is 1280. The molecule has 0 spiro atoms. The lowest BCUT2D eigenvalue weighted by Gasteiger charge is -2.14. The number of hydrogen-bond donors (Lipinski definition) is 0. The minimum atomic E-state index is -0.0263. The first-order valence-electron chi connectivity index (χ1n) is 10.8. The Morgan fingerprint density at radius 3 is 2.52 bits per heavy atom. The number of Topliss-reactive ketones (excluding diaryl/α,β-unsaturated/α-hetero) is 1. The number of aromatic nitrogens is 4. The van der Waals surface area contributed by atoms with Crippen LogP contribution in [-0.4, -0.2) is 25.4 Å². The van der Waals surface area contributed by atoms with Gasteiger partial charge in [-0.2, -0.15) is 5.10 Å². The van der Waals surface area contributed by atoms with Crippen LogP contribution in [0.5, 0.6) is 0 Å². The molecular weight excluding hydrogens is 404 g/mol. The molecule has 0 bridgehead atoms. The van der Waals surface area contributed by atoms with Crippen molar-refractivity contribution in [1.82, 2.24) is 19.6 Å². The Hall–Kier alpha value is -2.86. The van der Waals surface area contributed by atoms with Crippen molar-refractivity contribution in [2.45, 2.75) is 60.3 Å². The molecule has 160 valence electrons. The van der Waals surface area contributed by atoms with Crippen molar-refractivity contribution >= 4 is 22.8 Å². The number of ketones is 1. The van der Waals surface area contributed by atoms with Crippen LogP contribution < -0.4 is 0 Å². The van der Waals surface area contributed by atoms with Gasteiger partial charge in [0.2, 0.25) is 0 Å². The van der Waals surface area contributed by atoms with Crippen molar-refractivity contribution in [3.8, 4) is 21.1 Å². The van der Waals surface area contributed by atoms with Gasteiger partial charge in [0.05, 0.1) is 26.8 Å². The smallest absolute Gasteiger partial charge is 0.178 e. The number of carbonyl (C=O) groups excluding carboxylic acids is 1. The van der Waals surface area contributed by atoms with E-state index in [1.807, 2.05) is 23.6 Å². The molecule has 0 aliphatic heterocycles. The van der Waals surface area contributed by atoms with E-state index in [1.54, 1.807) is 24.3 Å². The molecule has 0 aliphatic carbocycles. The molecule has 4 aromatic heterocycles. The number of hydrogen-bond acceptors (Lipinski definition) is 5. The van der Waals surface area contributed by atoms with Crippen molar-refractivity contribution < 1.29 is 4.79 Å². The molecule has 4 heterocycles. The molecular formula is C25H28N4OS. The van der Waals surface area contributed by atoms with Crippen molar-refractivity contribution in [3.63, 3.8) is 0 Å². The highest BCUT2D eigenvalue weighted by atomic mass is 32.1. The molecule has 0 unspecified atom stereocenters. The van der Waals surface area contributed by atoms with Crippen molar-refractivity contribution in [2.75, 3.05) is 0 Å². The van der Waals surface area contributed by atoms with E-state index in [0.29, 0.717) is 11.6 Å². The Kier molecular flexibility index (Phi) is 5.75. The van der Waals surface area contributed by atoms with Crippen LogP contribution in [0.25, 0.3) is 26.8 Å². The molecule has 0 radical (unpaired) electrons. The molecule has 0 fully saturated rings. The SMILES string of the molecule is CCC(CC)c1cc(C)nn2c(-c3sc(-c4cccc(C(C)=O)n4)cc3C)c(C)nc12. The monoisotopic (exact) mass is 432 g/mol. The largest absolute Gasteiger partial charge is 0.293 e. The lowest BCUT2D eigenvalue weighted by Crippen LogP contribution is -2.05. The lowest BCUT2D eigenvalue weighted by atomic mass is 9.95. The van der Waals surface area contributed by atoms with Gasteiger partial charge in [-0.05, 0) is 69.4 Å². The van der Waals surface area contributed by atoms with Gasteiger partial charge in [-0.15, -0.1) is 11.3 Å². The second-order valence-electron chi connectivity index (χ2n) is 8.12. The molecule has 0 atom stereocenters. The van der Waals surface area contributed by atoms with Crippen LogP contribution in [0.1, 0.15) is 72.5 Å². The minimum Gasteiger partial charge on any atom is -0.293 e. The van der Waals surface area contributed by atoms with Crippen LogP contribution in [0.15, 0.2) is 30.3 Å². The first-order chi connectivity index (χ1) is 14.8. The summed E-state index contributed by atoms with van der Waals surface area (Å²) in [7, 11) is 0. The fourth-order valence-electron chi connectivity index (χ4n) is 4.18. The minimum absolute atomic E-state index is 0.0263. The van der Waals surface area contributed by atoms with Crippen molar-refractivity contribution in [1.29, 1.82) is 0 Å². The molecule has 5 nitrogen and oxygen atoms in total. The normalized spacial score (nSPS) is 11.6. The molecule has 0 amide bonds. The van der Waals surface area contributed by atoms with Crippen molar-refractivity contribution in [2.24, 2.45) is 0 Å². The summed E-state index contributed by atoms with van der Waals surface area (Å²) >= 11 is 1.68. The number of imidazole rings is 1. The van der Waals surface area contributed by atoms with Gasteiger partial charge in [-0.3, -0.25) is 4.79 Å². The third-order valence-corrected chi connectivity index (χ3v) is 7.10. The number of rotatable bonds is 6. The fourth-order valence-corrected chi connectivity index (χ4v) is 5.40. The predicted octanol–water partition coefficient (Wildman–Crippen LogP) is 6.55. The van der Waals surface area contributed by atoms with Gasteiger partial charge in [-0.1, -0.05) is 19.9 Å². The third kappa shape index (κ3) is 3.81. The zero-order valence-electron chi connectivity index (χ0n) is 19.0. The van der Waals surface area contributed by atoms with E-state index in [4.69, 9.17) is 10.1 Å². The average molecular weight is 433 g/mol. The highest BCUT2D eigenvalue weighted by Crippen LogP contribution is 2.40.